The van der Waals surface area contributed by atoms with Gasteiger partial charge in [-0.05, 0) is 31.2 Å². The lowest BCUT2D eigenvalue weighted by atomic mass is 9.94. The molecule has 1 aliphatic heterocycles. The largest absolute Gasteiger partial charge is 0.462 e. The van der Waals surface area contributed by atoms with Gasteiger partial charge in [0.1, 0.15) is 0 Å². The molecule has 1 aromatic rings. The fourth-order valence-corrected chi connectivity index (χ4v) is 2.40. The predicted molar refractivity (Wildman–Crippen MR) is 81.2 cm³/mol. The van der Waals surface area contributed by atoms with E-state index >= 15 is 0 Å². The van der Waals surface area contributed by atoms with Gasteiger partial charge < -0.3 is 9.47 Å². The van der Waals surface area contributed by atoms with Crippen molar-refractivity contribution in [3.05, 3.63) is 46.0 Å². The van der Waals surface area contributed by atoms with Gasteiger partial charge in [-0.1, -0.05) is 18.2 Å². The van der Waals surface area contributed by atoms with Gasteiger partial charge in [-0.25, -0.2) is 4.79 Å². The average Bonchev–Trinajstić information content (AvgIpc) is 2.54. The molecule has 6 nitrogen and oxygen atoms in total. The van der Waals surface area contributed by atoms with E-state index in [0.29, 0.717) is 24.4 Å². The van der Waals surface area contributed by atoms with Crippen molar-refractivity contribution in [3.8, 4) is 0 Å². The molecule has 0 aliphatic carbocycles. The summed E-state index contributed by atoms with van der Waals surface area (Å²) in [6, 6.07) is 6.07. The van der Waals surface area contributed by atoms with Crippen LogP contribution in [-0.4, -0.2) is 30.7 Å². The van der Waals surface area contributed by atoms with E-state index in [0.717, 1.165) is 12.8 Å². The Balaban J connectivity index is 2.34. The number of benzene rings is 1. The second kappa shape index (κ2) is 7.70. The van der Waals surface area contributed by atoms with E-state index in [9.17, 15) is 14.9 Å². The topological polar surface area (TPSA) is 78.7 Å². The highest BCUT2D eigenvalue weighted by Gasteiger charge is 2.20. The molecule has 0 atom stereocenters. The Bertz CT molecular complexity index is 576. The van der Waals surface area contributed by atoms with Crippen LogP contribution in [0.4, 0.5) is 5.69 Å². The van der Waals surface area contributed by atoms with Crippen molar-refractivity contribution in [3.63, 3.8) is 0 Å². The number of carbonyl (C=O) groups excluding carboxylic acids is 1. The molecule has 22 heavy (non-hydrogen) atoms. The molecule has 0 aromatic heterocycles. The standard InChI is InChI=1S/C16H19NO5/c1-2-22-16(18)15(10-12-6-8-21-9-7-12)13-4-3-5-14(11-13)17(19)20/h3-5,10-12H,2,6-9H2,1H3. The normalized spacial score (nSPS) is 16.3. The van der Waals surface area contributed by atoms with Crippen LogP contribution in [0.3, 0.4) is 0 Å². The van der Waals surface area contributed by atoms with Crippen LogP contribution in [-0.2, 0) is 14.3 Å². The Kier molecular flexibility index (Phi) is 5.66. The third-order valence-corrected chi connectivity index (χ3v) is 3.53. The first-order chi connectivity index (χ1) is 10.6. The van der Waals surface area contributed by atoms with Gasteiger partial charge >= 0.3 is 5.97 Å². The second-order valence-corrected chi connectivity index (χ2v) is 5.06. The zero-order chi connectivity index (χ0) is 15.9. The number of hydrogen-bond acceptors (Lipinski definition) is 5. The summed E-state index contributed by atoms with van der Waals surface area (Å²) in [7, 11) is 0. The van der Waals surface area contributed by atoms with Crippen LogP contribution in [0.2, 0.25) is 0 Å². The Morgan fingerprint density at radius 2 is 2.18 bits per heavy atom. The lowest BCUT2D eigenvalue weighted by Gasteiger charge is -2.20. The summed E-state index contributed by atoms with van der Waals surface area (Å²) in [5.41, 5.74) is 0.858. The first kappa shape index (κ1) is 16.2. The second-order valence-electron chi connectivity index (χ2n) is 5.06. The van der Waals surface area contributed by atoms with Crippen LogP contribution in [0, 0.1) is 16.0 Å². The fraction of sp³-hybridized carbons (Fsp3) is 0.438. The maximum absolute atomic E-state index is 12.2. The van der Waals surface area contributed by atoms with Gasteiger partial charge in [-0.3, -0.25) is 10.1 Å². The number of non-ortho nitro benzene ring substituents is 1. The molecule has 0 spiro atoms. The molecule has 118 valence electrons. The third kappa shape index (κ3) is 4.14. The molecule has 1 aliphatic rings. The van der Waals surface area contributed by atoms with E-state index in [1.807, 2.05) is 6.08 Å². The molecule has 1 fully saturated rings. The van der Waals surface area contributed by atoms with Crippen LogP contribution in [0.1, 0.15) is 25.3 Å². The van der Waals surface area contributed by atoms with Gasteiger partial charge in [0.25, 0.3) is 5.69 Å². The Morgan fingerprint density at radius 3 is 2.82 bits per heavy atom. The SMILES string of the molecule is CCOC(=O)C(=CC1CCOCC1)c1cccc([N+](=O)[O-])c1. The number of rotatable bonds is 5. The van der Waals surface area contributed by atoms with Crippen molar-refractivity contribution in [2.45, 2.75) is 19.8 Å². The van der Waals surface area contributed by atoms with Crippen molar-refractivity contribution in [2.75, 3.05) is 19.8 Å². The first-order valence-electron chi connectivity index (χ1n) is 7.33. The van der Waals surface area contributed by atoms with E-state index < -0.39 is 10.9 Å². The number of nitro benzene ring substituents is 1. The molecular weight excluding hydrogens is 286 g/mol. The van der Waals surface area contributed by atoms with Gasteiger partial charge in [0.2, 0.25) is 0 Å². The van der Waals surface area contributed by atoms with Gasteiger partial charge in [-0.2, -0.15) is 0 Å². The molecule has 1 aromatic carbocycles. The number of ether oxygens (including phenoxy) is 2. The van der Waals surface area contributed by atoms with E-state index in [-0.39, 0.29) is 18.2 Å². The third-order valence-electron chi connectivity index (χ3n) is 3.53. The summed E-state index contributed by atoms with van der Waals surface area (Å²) in [6.07, 6.45) is 3.52. The smallest absolute Gasteiger partial charge is 0.338 e. The molecule has 6 heteroatoms. The fourth-order valence-electron chi connectivity index (χ4n) is 2.40. The monoisotopic (exact) mass is 305 g/mol. The molecule has 1 saturated heterocycles. The highest BCUT2D eigenvalue weighted by Crippen LogP contribution is 2.26. The van der Waals surface area contributed by atoms with Crippen molar-refractivity contribution in [1.82, 2.24) is 0 Å². The molecule has 0 N–H and O–H groups in total. The maximum Gasteiger partial charge on any atom is 0.338 e. The Labute approximate surface area is 128 Å². The van der Waals surface area contributed by atoms with E-state index in [1.54, 1.807) is 19.1 Å². The molecule has 0 amide bonds. The number of nitrogens with zero attached hydrogens (tertiary/aromatic N) is 1. The van der Waals surface area contributed by atoms with Gasteiger partial charge in [0, 0.05) is 25.3 Å². The summed E-state index contributed by atoms with van der Waals surface area (Å²) in [5.74, 6) is -0.234. The van der Waals surface area contributed by atoms with Crippen molar-refractivity contribution in [2.24, 2.45) is 5.92 Å². The predicted octanol–water partition coefficient (Wildman–Crippen LogP) is 2.97. The highest BCUT2D eigenvalue weighted by atomic mass is 16.6. The molecule has 0 unspecified atom stereocenters. The Morgan fingerprint density at radius 1 is 1.45 bits per heavy atom. The maximum atomic E-state index is 12.2. The summed E-state index contributed by atoms with van der Waals surface area (Å²) >= 11 is 0. The van der Waals surface area contributed by atoms with Crippen LogP contribution >= 0.6 is 0 Å². The van der Waals surface area contributed by atoms with Gasteiger partial charge in [0.15, 0.2) is 0 Å². The van der Waals surface area contributed by atoms with Crippen molar-refractivity contribution in [1.29, 1.82) is 0 Å². The molecule has 1 heterocycles. The minimum absolute atomic E-state index is 0.0420. The Hall–Kier alpha value is -2.21. The minimum Gasteiger partial charge on any atom is -0.462 e. The van der Waals surface area contributed by atoms with Crippen molar-refractivity contribution >= 4 is 17.2 Å². The van der Waals surface area contributed by atoms with Crippen LogP contribution in [0.15, 0.2) is 30.3 Å². The van der Waals surface area contributed by atoms with Crippen LogP contribution < -0.4 is 0 Å². The summed E-state index contributed by atoms with van der Waals surface area (Å²) in [4.78, 5) is 22.7. The number of hydrogen-bond donors (Lipinski definition) is 0. The minimum atomic E-state index is -0.472. The summed E-state index contributed by atoms with van der Waals surface area (Å²) in [6.45, 7) is 3.31. The summed E-state index contributed by atoms with van der Waals surface area (Å²) < 4.78 is 10.4. The molecule has 0 radical (unpaired) electrons. The number of esters is 1. The zero-order valence-electron chi connectivity index (χ0n) is 12.5. The molecular formula is C16H19NO5. The molecule has 0 bridgehead atoms. The highest BCUT2D eigenvalue weighted by molar-refractivity contribution is 6.16. The zero-order valence-corrected chi connectivity index (χ0v) is 12.5. The number of carbonyl (C=O) groups is 1. The van der Waals surface area contributed by atoms with E-state index in [1.165, 1.54) is 12.1 Å². The lowest BCUT2D eigenvalue weighted by molar-refractivity contribution is -0.384. The van der Waals surface area contributed by atoms with Crippen LogP contribution in [0.5, 0.6) is 0 Å². The lowest BCUT2D eigenvalue weighted by Crippen LogP contribution is -2.16. The van der Waals surface area contributed by atoms with E-state index in [4.69, 9.17) is 9.47 Å². The number of allylic oxidation sites excluding steroid dienone is 1. The summed E-state index contributed by atoms with van der Waals surface area (Å²) in [5, 5.41) is 10.9. The van der Waals surface area contributed by atoms with Crippen LogP contribution in [0.25, 0.3) is 5.57 Å². The van der Waals surface area contributed by atoms with Crippen molar-refractivity contribution < 1.29 is 19.2 Å². The molecule has 2 rings (SSSR count). The first-order valence-corrected chi connectivity index (χ1v) is 7.33. The average molecular weight is 305 g/mol. The quantitative estimate of drug-likeness (QED) is 0.362. The van der Waals surface area contributed by atoms with E-state index in [2.05, 4.69) is 0 Å². The van der Waals surface area contributed by atoms with Gasteiger partial charge in [-0.15, -0.1) is 0 Å². The molecule has 0 saturated carbocycles. The van der Waals surface area contributed by atoms with Gasteiger partial charge in [0.05, 0.1) is 17.1 Å². The number of nitro groups is 1.